The zero-order valence-electron chi connectivity index (χ0n) is 13.2. The van der Waals surface area contributed by atoms with Gasteiger partial charge in [-0.05, 0) is 30.2 Å². The van der Waals surface area contributed by atoms with Gasteiger partial charge in [0.25, 0.3) is 5.91 Å². The standard InChI is InChI=1S/C18H19NO3S/c1-13-7-3-4-8-14(13)11-23-12-17(20)19-18(21)15-9-5-6-10-16(15)22-2/h3-10H,11-12H2,1-2H3,(H,19,20,21). The fourth-order valence-corrected chi connectivity index (χ4v) is 2.99. The number of hydrogen-bond donors (Lipinski definition) is 1. The highest BCUT2D eigenvalue weighted by molar-refractivity contribution is 7.99. The van der Waals surface area contributed by atoms with Crippen molar-refractivity contribution in [1.29, 1.82) is 0 Å². The van der Waals surface area contributed by atoms with E-state index in [1.807, 2.05) is 31.2 Å². The summed E-state index contributed by atoms with van der Waals surface area (Å²) in [5.41, 5.74) is 2.75. The Morgan fingerprint density at radius 2 is 1.78 bits per heavy atom. The van der Waals surface area contributed by atoms with Gasteiger partial charge in [0.15, 0.2) is 0 Å². The van der Waals surface area contributed by atoms with E-state index >= 15 is 0 Å². The molecule has 0 aliphatic rings. The summed E-state index contributed by atoms with van der Waals surface area (Å²) in [6.07, 6.45) is 0. The van der Waals surface area contributed by atoms with Gasteiger partial charge in [-0.25, -0.2) is 0 Å². The maximum absolute atomic E-state index is 12.1. The summed E-state index contributed by atoms with van der Waals surface area (Å²) >= 11 is 1.48. The van der Waals surface area contributed by atoms with Gasteiger partial charge >= 0.3 is 0 Å². The molecule has 0 radical (unpaired) electrons. The van der Waals surface area contributed by atoms with Crippen LogP contribution < -0.4 is 10.1 Å². The molecular weight excluding hydrogens is 310 g/mol. The van der Waals surface area contributed by atoms with Crippen LogP contribution >= 0.6 is 11.8 Å². The summed E-state index contributed by atoms with van der Waals surface area (Å²) in [7, 11) is 1.49. The van der Waals surface area contributed by atoms with Crippen molar-refractivity contribution in [1.82, 2.24) is 5.32 Å². The first-order chi connectivity index (χ1) is 11.1. The first-order valence-corrected chi connectivity index (χ1v) is 8.36. The zero-order valence-corrected chi connectivity index (χ0v) is 14.0. The van der Waals surface area contributed by atoms with Crippen molar-refractivity contribution in [2.24, 2.45) is 0 Å². The zero-order chi connectivity index (χ0) is 16.7. The van der Waals surface area contributed by atoms with E-state index in [0.717, 1.165) is 5.75 Å². The van der Waals surface area contributed by atoms with Crippen LogP contribution in [0.3, 0.4) is 0 Å². The number of aryl methyl sites for hydroxylation is 1. The van der Waals surface area contributed by atoms with Crippen LogP contribution in [0, 0.1) is 6.92 Å². The Hall–Kier alpha value is -2.27. The Labute approximate surface area is 140 Å². The number of methoxy groups -OCH3 is 1. The van der Waals surface area contributed by atoms with Crippen molar-refractivity contribution in [2.45, 2.75) is 12.7 Å². The normalized spacial score (nSPS) is 10.2. The lowest BCUT2D eigenvalue weighted by molar-refractivity contribution is -0.117. The van der Waals surface area contributed by atoms with Crippen LogP contribution in [0.15, 0.2) is 48.5 Å². The second-order valence-corrected chi connectivity index (χ2v) is 5.98. The Bertz CT molecular complexity index is 700. The van der Waals surface area contributed by atoms with E-state index in [1.54, 1.807) is 24.3 Å². The Morgan fingerprint density at radius 3 is 2.52 bits per heavy atom. The van der Waals surface area contributed by atoms with Crippen LogP contribution in [0.1, 0.15) is 21.5 Å². The number of nitrogens with one attached hydrogen (secondary N) is 1. The number of carbonyl (C=O) groups is 2. The number of amides is 2. The van der Waals surface area contributed by atoms with Crippen LogP contribution in [0.25, 0.3) is 0 Å². The molecular formula is C18H19NO3S. The maximum Gasteiger partial charge on any atom is 0.261 e. The van der Waals surface area contributed by atoms with E-state index in [0.29, 0.717) is 11.3 Å². The Balaban J connectivity index is 1.85. The van der Waals surface area contributed by atoms with E-state index in [4.69, 9.17) is 4.74 Å². The van der Waals surface area contributed by atoms with Gasteiger partial charge in [0, 0.05) is 5.75 Å². The maximum atomic E-state index is 12.1. The van der Waals surface area contributed by atoms with Crippen LogP contribution in [0.5, 0.6) is 5.75 Å². The van der Waals surface area contributed by atoms with Gasteiger partial charge in [-0.3, -0.25) is 14.9 Å². The molecule has 1 N–H and O–H groups in total. The van der Waals surface area contributed by atoms with Crippen LogP contribution in [-0.4, -0.2) is 24.7 Å². The number of thioether (sulfide) groups is 1. The summed E-state index contributed by atoms with van der Waals surface area (Å²) in [5, 5.41) is 2.39. The fraction of sp³-hybridized carbons (Fsp3) is 0.222. The predicted molar refractivity (Wildman–Crippen MR) is 92.8 cm³/mol. The minimum absolute atomic E-state index is 0.231. The number of ether oxygens (including phenoxy) is 1. The summed E-state index contributed by atoms with van der Waals surface area (Å²) in [4.78, 5) is 24.0. The Morgan fingerprint density at radius 1 is 1.09 bits per heavy atom. The molecule has 0 saturated heterocycles. The third-order valence-electron chi connectivity index (χ3n) is 3.36. The highest BCUT2D eigenvalue weighted by atomic mass is 32.2. The highest BCUT2D eigenvalue weighted by Gasteiger charge is 2.14. The first kappa shape index (κ1) is 17.1. The molecule has 0 heterocycles. The molecule has 2 amide bonds. The lowest BCUT2D eigenvalue weighted by Gasteiger charge is -2.08. The van der Waals surface area contributed by atoms with Crippen molar-refractivity contribution < 1.29 is 14.3 Å². The van der Waals surface area contributed by atoms with Crippen molar-refractivity contribution in [3.05, 3.63) is 65.2 Å². The highest BCUT2D eigenvalue weighted by Crippen LogP contribution is 2.18. The summed E-state index contributed by atoms with van der Waals surface area (Å²) in [6, 6.07) is 14.9. The molecule has 0 saturated carbocycles. The monoisotopic (exact) mass is 329 g/mol. The molecule has 0 fully saturated rings. The van der Waals surface area contributed by atoms with E-state index in [2.05, 4.69) is 5.32 Å². The smallest absolute Gasteiger partial charge is 0.261 e. The van der Waals surface area contributed by atoms with E-state index in [9.17, 15) is 9.59 Å². The van der Waals surface area contributed by atoms with Crippen LogP contribution in [-0.2, 0) is 10.5 Å². The van der Waals surface area contributed by atoms with Crippen molar-refractivity contribution >= 4 is 23.6 Å². The van der Waals surface area contributed by atoms with Gasteiger partial charge in [0.1, 0.15) is 5.75 Å². The topological polar surface area (TPSA) is 55.4 Å². The quantitative estimate of drug-likeness (QED) is 0.884. The van der Waals surface area contributed by atoms with Crippen LogP contribution in [0.2, 0.25) is 0 Å². The molecule has 0 aliphatic carbocycles. The molecule has 0 aromatic heterocycles. The molecule has 2 aromatic rings. The van der Waals surface area contributed by atoms with E-state index < -0.39 is 5.91 Å². The molecule has 0 bridgehead atoms. The minimum Gasteiger partial charge on any atom is -0.496 e. The number of imide groups is 1. The van der Waals surface area contributed by atoms with E-state index in [1.165, 1.54) is 30.0 Å². The van der Waals surface area contributed by atoms with Gasteiger partial charge in [-0.2, -0.15) is 0 Å². The largest absolute Gasteiger partial charge is 0.496 e. The molecule has 2 aromatic carbocycles. The molecule has 4 nitrogen and oxygen atoms in total. The number of para-hydroxylation sites is 1. The molecule has 0 atom stereocenters. The lowest BCUT2D eigenvalue weighted by Crippen LogP contribution is -2.32. The molecule has 0 aliphatic heterocycles. The summed E-state index contributed by atoms with van der Waals surface area (Å²) < 4.78 is 5.12. The first-order valence-electron chi connectivity index (χ1n) is 7.21. The average molecular weight is 329 g/mol. The molecule has 0 spiro atoms. The van der Waals surface area contributed by atoms with Gasteiger partial charge in [0.05, 0.1) is 18.4 Å². The molecule has 2 rings (SSSR count). The third kappa shape index (κ3) is 4.86. The second kappa shape index (κ2) is 8.39. The number of hydrogen-bond acceptors (Lipinski definition) is 4. The molecule has 23 heavy (non-hydrogen) atoms. The fourth-order valence-electron chi connectivity index (χ4n) is 2.09. The number of carbonyl (C=O) groups excluding carboxylic acids is 2. The molecule has 120 valence electrons. The average Bonchev–Trinajstić information content (AvgIpc) is 2.56. The number of benzene rings is 2. The second-order valence-electron chi connectivity index (χ2n) is 5.00. The lowest BCUT2D eigenvalue weighted by atomic mass is 10.1. The summed E-state index contributed by atoms with van der Waals surface area (Å²) in [5.74, 6) is 0.673. The molecule has 0 unspecified atom stereocenters. The van der Waals surface area contributed by atoms with E-state index in [-0.39, 0.29) is 11.7 Å². The van der Waals surface area contributed by atoms with Gasteiger partial charge in [-0.1, -0.05) is 36.4 Å². The molecule has 5 heteroatoms. The van der Waals surface area contributed by atoms with Gasteiger partial charge < -0.3 is 4.74 Å². The van der Waals surface area contributed by atoms with Crippen molar-refractivity contribution in [3.8, 4) is 5.75 Å². The summed E-state index contributed by atoms with van der Waals surface area (Å²) in [6.45, 7) is 2.04. The van der Waals surface area contributed by atoms with Crippen molar-refractivity contribution in [3.63, 3.8) is 0 Å². The minimum atomic E-state index is -0.441. The van der Waals surface area contributed by atoms with Crippen molar-refractivity contribution in [2.75, 3.05) is 12.9 Å². The van der Waals surface area contributed by atoms with Crippen LogP contribution in [0.4, 0.5) is 0 Å². The Kier molecular flexibility index (Phi) is 6.23. The predicted octanol–water partition coefficient (Wildman–Crippen LogP) is 3.19. The SMILES string of the molecule is COc1ccccc1C(=O)NC(=O)CSCc1ccccc1C. The van der Waals surface area contributed by atoms with Gasteiger partial charge in [0.2, 0.25) is 5.91 Å². The number of rotatable bonds is 6. The third-order valence-corrected chi connectivity index (χ3v) is 4.34. The van der Waals surface area contributed by atoms with Gasteiger partial charge in [-0.15, -0.1) is 11.8 Å².